The molecule has 3 nitrogen and oxygen atoms in total. The number of nitrogens with zero attached hydrogens (tertiary/aromatic N) is 2. The largest absolute Gasteiger partial charge is 0.418 e. The van der Waals surface area contributed by atoms with Crippen LogP contribution in [0.2, 0.25) is 0 Å². The van der Waals surface area contributed by atoms with Crippen molar-refractivity contribution >= 4 is 21.6 Å². The minimum Gasteiger partial charge on any atom is -0.383 e. The highest BCUT2D eigenvalue weighted by Gasteiger charge is 2.35. The summed E-state index contributed by atoms with van der Waals surface area (Å²) in [7, 11) is 1.48. The minimum atomic E-state index is -4.45. The van der Waals surface area contributed by atoms with Gasteiger partial charge in [-0.15, -0.1) is 0 Å². The van der Waals surface area contributed by atoms with Crippen molar-refractivity contribution in [2.24, 2.45) is 0 Å². The third-order valence-electron chi connectivity index (χ3n) is 2.66. The first kappa shape index (κ1) is 16.8. The topological polar surface area (TPSA) is 36.3 Å². The van der Waals surface area contributed by atoms with E-state index in [1.807, 2.05) is 6.07 Å². The minimum absolute atomic E-state index is 0.0630. The molecule has 0 aliphatic rings. The summed E-state index contributed by atoms with van der Waals surface area (Å²) in [5.74, 6) is 0. The number of ether oxygens (including phenoxy) is 1. The lowest BCUT2D eigenvalue weighted by molar-refractivity contribution is -0.137. The quantitative estimate of drug-likeness (QED) is 0.782. The maximum Gasteiger partial charge on any atom is 0.418 e. The van der Waals surface area contributed by atoms with Crippen molar-refractivity contribution in [3.8, 4) is 6.07 Å². The first-order chi connectivity index (χ1) is 9.40. The molecule has 0 bridgehead atoms. The molecule has 0 unspecified atom stereocenters. The molecular weight excluding hydrogens is 337 g/mol. The molecule has 1 aromatic rings. The van der Waals surface area contributed by atoms with Crippen LogP contribution < -0.4 is 4.90 Å². The smallest absolute Gasteiger partial charge is 0.383 e. The second-order valence-corrected chi connectivity index (χ2v) is 4.96. The number of halogens is 4. The van der Waals surface area contributed by atoms with E-state index in [0.717, 1.165) is 6.07 Å². The van der Waals surface area contributed by atoms with Crippen molar-refractivity contribution in [3.63, 3.8) is 0 Å². The fraction of sp³-hybridized carbons (Fsp3) is 0.462. The van der Waals surface area contributed by atoms with Gasteiger partial charge in [0.05, 0.1) is 24.7 Å². The van der Waals surface area contributed by atoms with Gasteiger partial charge in [0.15, 0.2) is 0 Å². The van der Waals surface area contributed by atoms with Crippen molar-refractivity contribution in [2.75, 3.05) is 31.7 Å². The summed E-state index contributed by atoms with van der Waals surface area (Å²) in [4.78, 5) is 1.52. The number of benzene rings is 1. The molecule has 110 valence electrons. The zero-order valence-corrected chi connectivity index (χ0v) is 12.5. The second-order valence-electron chi connectivity index (χ2n) is 4.05. The Kier molecular flexibility index (Phi) is 6.30. The lowest BCUT2D eigenvalue weighted by Gasteiger charge is -2.27. The number of hydrogen-bond donors (Lipinski definition) is 0. The lowest BCUT2D eigenvalue weighted by Crippen LogP contribution is -2.30. The predicted octanol–water partition coefficient (Wildman–Crippen LogP) is 3.83. The second kappa shape index (κ2) is 7.50. The van der Waals surface area contributed by atoms with E-state index >= 15 is 0 Å². The first-order valence-corrected chi connectivity index (χ1v) is 6.67. The van der Waals surface area contributed by atoms with Crippen molar-refractivity contribution in [1.29, 1.82) is 5.26 Å². The van der Waals surface area contributed by atoms with Crippen LogP contribution in [0.3, 0.4) is 0 Å². The van der Waals surface area contributed by atoms with E-state index in [1.54, 1.807) is 6.07 Å². The lowest BCUT2D eigenvalue weighted by atomic mass is 10.1. The number of methoxy groups -OCH3 is 1. The van der Waals surface area contributed by atoms with Crippen LogP contribution in [0.1, 0.15) is 12.0 Å². The highest BCUT2D eigenvalue weighted by atomic mass is 79.9. The highest BCUT2D eigenvalue weighted by molar-refractivity contribution is 9.10. The van der Waals surface area contributed by atoms with Crippen LogP contribution in [0.4, 0.5) is 18.9 Å². The van der Waals surface area contributed by atoms with E-state index in [4.69, 9.17) is 10.00 Å². The summed E-state index contributed by atoms with van der Waals surface area (Å²) in [6.07, 6.45) is -4.30. The van der Waals surface area contributed by atoms with Gasteiger partial charge in [-0.05, 0) is 18.2 Å². The van der Waals surface area contributed by atoms with Crippen LogP contribution >= 0.6 is 15.9 Å². The molecule has 0 heterocycles. The molecule has 0 saturated carbocycles. The zero-order valence-electron chi connectivity index (χ0n) is 10.9. The third-order valence-corrected chi connectivity index (χ3v) is 3.16. The van der Waals surface area contributed by atoms with Gasteiger partial charge in [0.1, 0.15) is 0 Å². The zero-order chi connectivity index (χ0) is 15.2. The molecule has 0 spiro atoms. The fourth-order valence-corrected chi connectivity index (χ4v) is 2.11. The standard InChI is InChI=1S/C13H14BrF3N2O/c1-20-8-7-19(6-2-5-18)12-4-3-10(14)9-11(12)13(15,16)17/h3-4,9H,2,6-8H2,1H3. The maximum atomic E-state index is 13.1. The Morgan fingerprint density at radius 1 is 1.35 bits per heavy atom. The molecule has 0 aliphatic heterocycles. The van der Waals surface area contributed by atoms with E-state index in [1.165, 1.54) is 18.1 Å². The molecule has 0 aliphatic carbocycles. The van der Waals surface area contributed by atoms with Crippen molar-refractivity contribution in [2.45, 2.75) is 12.6 Å². The average Bonchev–Trinajstić information content (AvgIpc) is 2.38. The molecule has 0 N–H and O–H groups in total. The van der Waals surface area contributed by atoms with Gasteiger partial charge >= 0.3 is 6.18 Å². The molecular formula is C13H14BrF3N2O. The Labute approximate surface area is 124 Å². The molecule has 0 atom stereocenters. The maximum absolute atomic E-state index is 13.1. The van der Waals surface area contributed by atoms with Crippen LogP contribution in [0, 0.1) is 11.3 Å². The highest BCUT2D eigenvalue weighted by Crippen LogP contribution is 2.38. The van der Waals surface area contributed by atoms with Crippen molar-refractivity contribution in [3.05, 3.63) is 28.2 Å². The van der Waals surface area contributed by atoms with Crippen LogP contribution in [0.25, 0.3) is 0 Å². The predicted molar refractivity (Wildman–Crippen MR) is 73.5 cm³/mol. The molecule has 20 heavy (non-hydrogen) atoms. The van der Waals surface area contributed by atoms with Crippen LogP contribution in [0.5, 0.6) is 0 Å². The molecule has 0 fully saturated rings. The van der Waals surface area contributed by atoms with E-state index < -0.39 is 11.7 Å². The summed E-state index contributed by atoms with van der Waals surface area (Å²) < 4.78 is 44.5. The Morgan fingerprint density at radius 2 is 2.05 bits per heavy atom. The van der Waals surface area contributed by atoms with Crippen molar-refractivity contribution in [1.82, 2.24) is 0 Å². The molecule has 0 radical (unpaired) electrons. The van der Waals surface area contributed by atoms with Gasteiger partial charge in [-0.1, -0.05) is 15.9 Å². The fourth-order valence-electron chi connectivity index (χ4n) is 1.75. The van der Waals surface area contributed by atoms with Gasteiger partial charge in [0, 0.05) is 30.4 Å². The van der Waals surface area contributed by atoms with Crippen LogP contribution in [0.15, 0.2) is 22.7 Å². The Bertz CT molecular complexity index is 485. The van der Waals surface area contributed by atoms with E-state index in [9.17, 15) is 13.2 Å². The van der Waals surface area contributed by atoms with Gasteiger partial charge in [-0.2, -0.15) is 18.4 Å². The van der Waals surface area contributed by atoms with Crippen LogP contribution in [-0.2, 0) is 10.9 Å². The number of anilines is 1. The molecule has 0 aromatic heterocycles. The monoisotopic (exact) mass is 350 g/mol. The van der Waals surface area contributed by atoms with E-state index in [0.29, 0.717) is 17.6 Å². The summed E-state index contributed by atoms with van der Waals surface area (Å²) in [5, 5.41) is 8.62. The average molecular weight is 351 g/mol. The Balaban J connectivity index is 3.14. The third kappa shape index (κ3) is 4.69. The van der Waals surface area contributed by atoms with Crippen LogP contribution in [-0.4, -0.2) is 26.8 Å². The molecule has 1 rings (SSSR count). The van der Waals surface area contributed by atoms with Gasteiger partial charge < -0.3 is 9.64 Å². The summed E-state index contributed by atoms with van der Waals surface area (Å²) in [6.45, 7) is 0.812. The van der Waals surface area contributed by atoms with Gasteiger partial charge in [0.2, 0.25) is 0 Å². The van der Waals surface area contributed by atoms with Gasteiger partial charge in [-0.3, -0.25) is 0 Å². The SMILES string of the molecule is COCCN(CCC#N)c1ccc(Br)cc1C(F)(F)F. The number of nitriles is 1. The summed E-state index contributed by atoms with van der Waals surface area (Å²) in [5.41, 5.74) is -0.658. The Hall–Kier alpha value is -1.26. The Morgan fingerprint density at radius 3 is 2.60 bits per heavy atom. The summed E-state index contributed by atoms with van der Waals surface area (Å²) in [6, 6.07) is 5.94. The van der Waals surface area contributed by atoms with Gasteiger partial charge in [0.25, 0.3) is 0 Å². The van der Waals surface area contributed by atoms with E-state index in [-0.39, 0.29) is 18.7 Å². The molecule has 0 saturated heterocycles. The van der Waals surface area contributed by atoms with E-state index in [2.05, 4.69) is 15.9 Å². The number of hydrogen-bond acceptors (Lipinski definition) is 3. The molecule has 7 heteroatoms. The normalized spacial score (nSPS) is 11.2. The van der Waals surface area contributed by atoms with Gasteiger partial charge in [-0.25, -0.2) is 0 Å². The van der Waals surface area contributed by atoms with Crippen molar-refractivity contribution < 1.29 is 17.9 Å². The summed E-state index contributed by atoms with van der Waals surface area (Å²) >= 11 is 3.05. The number of alkyl halides is 3. The number of rotatable bonds is 6. The first-order valence-electron chi connectivity index (χ1n) is 5.87. The molecule has 1 aromatic carbocycles. The molecule has 0 amide bonds.